The van der Waals surface area contributed by atoms with E-state index in [4.69, 9.17) is 16.7 Å². The third-order valence-corrected chi connectivity index (χ3v) is 2.81. The molecular formula is C8H14ClN5O2S. The number of halogens is 1. The molecule has 0 saturated heterocycles. The molecule has 0 radical (unpaired) electrons. The minimum Gasteiger partial charge on any atom is -0.368 e. The predicted molar refractivity (Wildman–Crippen MR) is 67.7 cm³/mol. The Kier molecular flexibility index (Phi) is 4.91. The monoisotopic (exact) mass is 279 g/mol. The normalized spacial score (nSPS) is 11.2. The molecule has 0 fully saturated rings. The van der Waals surface area contributed by atoms with Crippen LogP contribution in [-0.4, -0.2) is 37.2 Å². The molecule has 0 aliphatic carbocycles. The Labute approximate surface area is 105 Å². The van der Waals surface area contributed by atoms with Crippen LogP contribution in [0.4, 0.5) is 11.8 Å². The van der Waals surface area contributed by atoms with Crippen LogP contribution >= 0.6 is 11.6 Å². The molecule has 17 heavy (non-hydrogen) atoms. The van der Waals surface area contributed by atoms with E-state index in [0.29, 0.717) is 23.3 Å². The smallest absolute Gasteiger partial charge is 0.224 e. The quantitative estimate of drug-likeness (QED) is 0.689. The van der Waals surface area contributed by atoms with Gasteiger partial charge >= 0.3 is 0 Å². The van der Waals surface area contributed by atoms with Gasteiger partial charge in [0.2, 0.25) is 16.0 Å². The van der Waals surface area contributed by atoms with E-state index in [1.54, 1.807) is 0 Å². The number of nitrogens with two attached hydrogens (primary N) is 1. The third-order valence-electron chi connectivity index (χ3n) is 1.76. The van der Waals surface area contributed by atoms with Gasteiger partial charge < -0.3 is 10.6 Å². The highest BCUT2D eigenvalue weighted by atomic mass is 35.5. The summed E-state index contributed by atoms with van der Waals surface area (Å²) in [4.78, 5) is 8.03. The maximum Gasteiger partial charge on any atom is 0.224 e. The lowest BCUT2D eigenvalue weighted by Gasteiger charge is -2.08. The fraction of sp³-hybridized carbons (Fsp3) is 0.500. The molecule has 0 aromatic carbocycles. The first-order valence-electron chi connectivity index (χ1n) is 4.93. The van der Waals surface area contributed by atoms with Crippen LogP contribution in [0.1, 0.15) is 6.92 Å². The zero-order valence-electron chi connectivity index (χ0n) is 9.27. The summed E-state index contributed by atoms with van der Waals surface area (Å²) in [6.07, 6.45) is 1.44. The van der Waals surface area contributed by atoms with Crippen LogP contribution in [0.2, 0.25) is 5.02 Å². The predicted octanol–water partition coefficient (Wildman–Crippen LogP) is 0.262. The van der Waals surface area contributed by atoms with Gasteiger partial charge in [-0.2, -0.15) is 4.98 Å². The molecular weight excluding hydrogens is 266 g/mol. The van der Waals surface area contributed by atoms with Crippen LogP contribution in [0, 0.1) is 0 Å². The van der Waals surface area contributed by atoms with Crippen LogP contribution in [0.5, 0.6) is 0 Å². The van der Waals surface area contributed by atoms with Crippen molar-refractivity contribution in [2.45, 2.75) is 6.92 Å². The topological polar surface area (TPSA) is 110 Å². The largest absolute Gasteiger partial charge is 0.368 e. The van der Waals surface area contributed by atoms with Gasteiger partial charge in [0.1, 0.15) is 5.02 Å². The number of sulfonamides is 1. The summed E-state index contributed by atoms with van der Waals surface area (Å²) in [6, 6.07) is 0. The Morgan fingerprint density at radius 2 is 2.18 bits per heavy atom. The third kappa shape index (κ3) is 5.16. The Bertz CT molecular complexity index is 479. The summed E-state index contributed by atoms with van der Waals surface area (Å²) in [5.74, 6) is 0.612. The molecule has 0 bridgehead atoms. The van der Waals surface area contributed by atoms with Crippen LogP contribution in [0.15, 0.2) is 6.20 Å². The van der Waals surface area contributed by atoms with Crippen molar-refractivity contribution in [3.05, 3.63) is 11.2 Å². The van der Waals surface area contributed by atoms with Crippen LogP contribution in [0.25, 0.3) is 0 Å². The van der Waals surface area contributed by atoms with Crippen molar-refractivity contribution in [1.29, 1.82) is 0 Å². The van der Waals surface area contributed by atoms with E-state index in [2.05, 4.69) is 20.6 Å². The number of hydrogen-bond donors (Lipinski definition) is 3. The summed E-state index contributed by atoms with van der Waals surface area (Å²) >= 11 is 5.85. The number of anilines is 2. The van der Waals surface area contributed by atoms with Gasteiger partial charge in [0.25, 0.3) is 0 Å². The van der Waals surface area contributed by atoms with Crippen LogP contribution in [0.3, 0.4) is 0 Å². The summed E-state index contributed by atoms with van der Waals surface area (Å²) < 4.78 is 21.5. The zero-order chi connectivity index (χ0) is 12.9. The maximum absolute atomic E-state index is 10.7. The molecule has 0 aliphatic heterocycles. The molecule has 0 spiro atoms. The lowest BCUT2D eigenvalue weighted by Crippen LogP contribution is -2.22. The first kappa shape index (κ1) is 13.9. The van der Waals surface area contributed by atoms with Gasteiger partial charge in [-0.1, -0.05) is 11.6 Å². The Hall–Kier alpha value is -1.12. The van der Waals surface area contributed by atoms with Gasteiger partial charge in [-0.05, 0) is 6.92 Å². The average molecular weight is 280 g/mol. The van der Waals surface area contributed by atoms with Crippen molar-refractivity contribution in [2.24, 2.45) is 5.14 Å². The molecule has 96 valence electrons. The lowest BCUT2D eigenvalue weighted by atomic mass is 10.5. The Morgan fingerprint density at radius 3 is 2.76 bits per heavy atom. The second-order valence-electron chi connectivity index (χ2n) is 3.21. The van der Waals surface area contributed by atoms with Crippen LogP contribution < -0.4 is 15.8 Å². The Balaban J connectivity index is 2.66. The number of aromatic nitrogens is 2. The molecule has 4 N–H and O–H groups in total. The summed E-state index contributed by atoms with van der Waals surface area (Å²) in [5, 5.41) is 10.9. The molecule has 1 aromatic rings. The first-order valence-corrected chi connectivity index (χ1v) is 7.02. The standard InChI is InChI=1S/C8H14ClN5O2S/c1-2-11-8-13-5-6(9)7(14-8)12-3-4-17(10,15)16/h5H,2-4H2,1H3,(H2,10,15,16)(H2,11,12,13,14). The van der Waals surface area contributed by atoms with Gasteiger partial charge in [0.05, 0.1) is 11.9 Å². The van der Waals surface area contributed by atoms with Crippen molar-refractivity contribution in [1.82, 2.24) is 9.97 Å². The van der Waals surface area contributed by atoms with Crippen molar-refractivity contribution >= 4 is 33.4 Å². The van der Waals surface area contributed by atoms with E-state index in [1.807, 2.05) is 6.92 Å². The molecule has 1 aromatic heterocycles. The SMILES string of the molecule is CCNc1ncc(Cl)c(NCCS(N)(=O)=O)n1. The molecule has 0 amide bonds. The number of rotatable bonds is 6. The maximum atomic E-state index is 10.7. The van der Waals surface area contributed by atoms with E-state index in [-0.39, 0.29) is 12.3 Å². The van der Waals surface area contributed by atoms with Crippen LogP contribution in [-0.2, 0) is 10.0 Å². The molecule has 1 heterocycles. The molecule has 0 atom stereocenters. The van der Waals surface area contributed by atoms with Crippen molar-refractivity contribution in [3.63, 3.8) is 0 Å². The minimum absolute atomic E-state index is 0.140. The van der Waals surface area contributed by atoms with E-state index in [9.17, 15) is 8.42 Å². The first-order chi connectivity index (χ1) is 7.92. The molecule has 1 rings (SSSR count). The number of nitrogens with one attached hydrogen (secondary N) is 2. The molecule has 0 unspecified atom stereocenters. The fourth-order valence-electron chi connectivity index (χ4n) is 1.05. The highest BCUT2D eigenvalue weighted by Crippen LogP contribution is 2.18. The second-order valence-corrected chi connectivity index (χ2v) is 5.36. The van der Waals surface area contributed by atoms with Gasteiger partial charge in [0, 0.05) is 13.1 Å². The van der Waals surface area contributed by atoms with Gasteiger partial charge in [-0.15, -0.1) is 0 Å². The van der Waals surface area contributed by atoms with E-state index >= 15 is 0 Å². The zero-order valence-corrected chi connectivity index (χ0v) is 10.8. The highest BCUT2D eigenvalue weighted by Gasteiger charge is 2.06. The summed E-state index contributed by atoms with van der Waals surface area (Å²) in [7, 11) is -3.49. The number of hydrogen-bond acceptors (Lipinski definition) is 6. The molecule has 0 saturated carbocycles. The highest BCUT2D eigenvalue weighted by molar-refractivity contribution is 7.89. The number of nitrogens with zero attached hydrogens (tertiary/aromatic N) is 2. The van der Waals surface area contributed by atoms with E-state index in [0.717, 1.165) is 0 Å². The molecule has 0 aliphatic rings. The van der Waals surface area contributed by atoms with Gasteiger partial charge in [0.15, 0.2) is 5.82 Å². The van der Waals surface area contributed by atoms with Crippen molar-refractivity contribution < 1.29 is 8.42 Å². The minimum atomic E-state index is -3.49. The van der Waals surface area contributed by atoms with Crippen molar-refractivity contribution in [3.8, 4) is 0 Å². The van der Waals surface area contributed by atoms with Gasteiger partial charge in [-0.25, -0.2) is 18.5 Å². The Morgan fingerprint density at radius 1 is 1.47 bits per heavy atom. The van der Waals surface area contributed by atoms with E-state index < -0.39 is 10.0 Å². The second kappa shape index (κ2) is 5.99. The fourth-order valence-corrected chi connectivity index (χ4v) is 1.59. The lowest BCUT2D eigenvalue weighted by molar-refractivity contribution is 0.598. The molecule has 9 heteroatoms. The summed E-state index contributed by atoms with van der Waals surface area (Å²) in [5.41, 5.74) is 0. The summed E-state index contributed by atoms with van der Waals surface area (Å²) in [6.45, 7) is 2.73. The van der Waals surface area contributed by atoms with E-state index in [1.165, 1.54) is 6.20 Å². The average Bonchev–Trinajstić information content (AvgIpc) is 2.21. The van der Waals surface area contributed by atoms with Crippen molar-refractivity contribution in [2.75, 3.05) is 29.5 Å². The van der Waals surface area contributed by atoms with Gasteiger partial charge in [-0.3, -0.25) is 0 Å². The molecule has 7 nitrogen and oxygen atoms in total. The number of primary sulfonamides is 1.